The predicted octanol–water partition coefficient (Wildman–Crippen LogP) is 1.38. The van der Waals surface area contributed by atoms with Gasteiger partial charge in [0.1, 0.15) is 0 Å². The Hall–Kier alpha value is -0.550. The molecule has 2 N–H and O–H groups in total. The molecule has 0 radical (unpaired) electrons. The van der Waals surface area contributed by atoms with Crippen molar-refractivity contribution in [2.24, 2.45) is 11.7 Å². The Morgan fingerprint density at radius 2 is 2.17 bits per heavy atom. The van der Waals surface area contributed by atoms with Crippen molar-refractivity contribution in [3.8, 4) is 0 Å². The highest BCUT2D eigenvalue weighted by Gasteiger charge is 2.37. The molecule has 1 saturated heterocycles. The Labute approximate surface area is 113 Å². The van der Waals surface area contributed by atoms with Crippen LogP contribution in [0, 0.1) is 5.92 Å². The maximum atomic E-state index is 12.1. The van der Waals surface area contributed by atoms with Gasteiger partial charge in [-0.1, -0.05) is 24.6 Å². The molecule has 1 aliphatic carbocycles. The van der Waals surface area contributed by atoms with Gasteiger partial charge >= 0.3 is 0 Å². The molecule has 4 nitrogen and oxygen atoms in total. The maximum Gasteiger partial charge on any atom is 0.223 e. The van der Waals surface area contributed by atoms with E-state index < -0.39 is 0 Å². The number of amides is 1. The van der Waals surface area contributed by atoms with E-state index in [-0.39, 0.29) is 23.1 Å². The third-order valence-corrected chi connectivity index (χ3v) is 4.99. The summed E-state index contributed by atoms with van der Waals surface area (Å²) in [6, 6.07) is 0.375. The lowest BCUT2D eigenvalue weighted by atomic mass is 9.90. The summed E-state index contributed by atoms with van der Waals surface area (Å²) in [6.45, 7) is 2.37. The summed E-state index contributed by atoms with van der Waals surface area (Å²) in [6.07, 6.45) is 5.02. The van der Waals surface area contributed by atoms with Crippen molar-refractivity contribution in [1.82, 2.24) is 4.90 Å². The summed E-state index contributed by atoms with van der Waals surface area (Å²) >= 11 is 1.33. The van der Waals surface area contributed by atoms with Crippen LogP contribution in [0.5, 0.6) is 0 Å². The Morgan fingerprint density at radius 3 is 2.83 bits per heavy atom. The number of hydrogen-bond acceptors (Lipinski definition) is 4. The molecular weight excluding hydrogens is 248 g/mol. The lowest BCUT2D eigenvalue weighted by Crippen LogP contribution is -2.50. The summed E-state index contributed by atoms with van der Waals surface area (Å²) in [4.78, 5) is 25.0. The second-order valence-electron chi connectivity index (χ2n) is 5.43. The van der Waals surface area contributed by atoms with Crippen LogP contribution in [-0.4, -0.2) is 40.3 Å². The van der Waals surface area contributed by atoms with Gasteiger partial charge in [-0.15, -0.1) is 0 Å². The minimum absolute atomic E-state index is 0.135. The Morgan fingerprint density at radius 1 is 1.44 bits per heavy atom. The van der Waals surface area contributed by atoms with Crippen LogP contribution in [0.1, 0.15) is 39.0 Å². The van der Waals surface area contributed by atoms with Crippen molar-refractivity contribution < 1.29 is 9.59 Å². The second kappa shape index (κ2) is 6.06. The molecular formula is C13H22N2O2S. The minimum Gasteiger partial charge on any atom is -0.338 e. The van der Waals surface area contributed by atoms with Gasteiger partial charge in [-0.25, -0.2) is 0 Å². The van der Waals surface area contributed by atoms with Crippen LogP contribution in [0.3, 0.4) is 0 Å². The zero-order valence-corrected chi connectivity index (χ0v) is 11.7. The largest absolute Gasteiger partial charge is 0.338 e. The lowest BCUT2D eigenvalue weighted by Gasteiger charge is -2.36. The number of likely N-dealkylation sites (tertiary alicyclic amines) is 1. The molecule has 5 heteroatoms. The summed E-state index contributed by atoms with van der Waals surface area (Å²) in [5.74, 6) is 1.31. The third-order valence-electron chi connectivity index (χ3n) is 3.94. The van der Waals surface area contributed by atoms with Crippen LogP contribution in [0.15, 0.2) is 0 Å². The van der Waals surface area contributed by atoms with Gasteiger partial charge in [-0.3, -0.25) is 9.59 Å². The Balaban J connectivity index is 1.90. The fourth-order valence-corrected chi connectivity index (χ4v) is 3.70. The van der Waals surface area contributed by atoms with Gasteiger partial charge in [-0.05, 0) is 18.8 Å². The van der Waals surface area contributed by atoms with Gasteiger partial charge in [0.2, 0.25) is 5.91 Å². The van der Waals surface area contributed by atoms with E-state index in [1.165, 1.54) is 24.6 Å². The van der Waals surface area contributed by atoms with Gasteiger partial charge in [0.15, 0.2) is 5.12 Å². The van der Waals surface area contributed by atoms with Crippen LogP contribution in [0.4, 0.5) is 0 Å². The first-order valence-electron chi connectivity index (χ1n) is 6.76. The third kappa shape index (κ3) is 3.26. The van der Waals surface area contributed by atoms with Gasteiger partial charge in [0.25, 0.3) is 0 Å². The molecule has 1 aliphatic heterocycles. The Bertz CT molecular complexity index is 335. The highest BCUT2D eigenvalue weighted by atomic mass is 32.2. The van der Waals surface area contributed by atoms with Crippen molar-refractivity contribution >= 4 is 22.8 Å². The zero-order valence-electron chi connectivity index (χ0n) is 10.9. The molecule has 2 aliphatic rings. The van der Waals surface area contributed by atoms with E-state index in [1.54, 1.807) is 6.92 Å². The van der Waals surface area contributed by atoms with Crippen LogP contribution >= 0.6 is 11.8 Å². The molecule has 2 fully saturated rings. The number of carbonyl (C=O) groups is 2. The van der Waals surface area contributed by atoms with Gasteiger partial charge in [0.05, 0.1) is 0 Å². The van der Waals surface area contributed by atoms with Crippen LogP contribution in [0.25, 0.3) is 0 Å². The summed E-state index contributed by atoms with van der Waals surface area (Å²) < 4.78 is 0. The molecule has 0 aromatic rings. The van der Waals surface area contributed by atoms with Crippen molar-refractivity contribution in [2.75, 3.05) is 12.3 Å². The van der Waals surface area contributed by atoms with E-state index in [2.05, 4.69) is 0 Å². The standard InChI is InChI=1S/C13H22N2O2S/c1-9(16)18-8-10-6-13(17)15(7-10)12-5-3-2-4-11(12)14/h10-12H,2-8,14H2,1H3/t10?,11-,12+/m1/s1. The maximum absolute atomic E-state index is 12.1. The first-order chi connectivity index (χ1) is 8.58. The molecule has 2 rings (SSSR count). The normalized spacial score (nSPS) is 32.9. The summed E-state index contributed by atoms with van der Waals surface area (Å²) in [5, 5.41) is 0.135. The summed E-state index contributed by atoms with van der Waals surface area (Å²) in [7, 11) is 0. The van der Waals surface area contributed by atoms with Crippen LogP contribution in [0.2, 0.25) is 0 Å². The number of hydrogen-bond donors (Lipinski definition) is 1. The predicted molar refractivity (Wildman–Crippen MR) is 73.2 cm³/mol. The zero-order chi connectivity index (χ0) is 13.1. The van der Waals surface area contributed by atoms with Gasteiger partial charge in [-0.2, -0.15) is 0 Å². The summed E-state index contributed by atoms with van der Waals surface area (Å²) in [5.41, 5.74) is 6.14. The van der Waals surface area contributed by atoms with E-state index in [4.69, 9.17) is 5.73 Å². The lowest BCUT2D eigenvalue weighted by molar-refractivity contribution is -0.130. The molecule has 0 aromatic carbocycles. The molecule has 18 heavy (non-hydrogen) atoms. The van der Waals surface area contributed by atoms with Crippen LogP contribution in [-0.2, 0) is 9.59 Å². The number of thioether (sulfide) groups is 1. The van der Waals surface area contributed by atoms with E-state index in [0.29, 0.717) is 12.3 Å². The average Bonchev–Trinajstić information content (AvgIpc) is 2.69. The molecule has 1 unspecified atom stereocenters. The molecule has 102 valence electrons. The topological polar surface area (TPSA) is 63.4 Å². The monoisotopic (exact) mass is 270 g/mol. The minimum atomic E-state index is 0.135. The van der Waals surface area contributed by atoms with Crippen LogP contribution < -0.4 is 5.73 Å². The van der Waals surface area contributed by atoms with Gasteiger partial charge in [0, 0.05) is 37.7 Å². The highest BCUT2D eigenvalue weighted by Crippen LogP contribution is 2.29. The Kier molecular flexibility index (Phi) is 4.67. The quantitative estimate of drug-likeness (QED) is 0.841. The highest BCUT2D eigenvalue weighted by molar-refractivity contribution is 8.13. The molecule has 1 saturated carbocycles. The molecule has 3 atom stereocenters. The van der Waals surface area contributed by atoms with Crippen molar-refractivity contribution in [1.29, 1.82) is 0 Å². The van der Waals surface area contributed by atoms with E-state index in [0.717, 1.165) is 25.1 Å². The SMILES string of the molecule is CC(=O)SCC1CC(=O)N([C@H]2CCCC[C@H]2N)C1. The molecule has 0 bridgehead atoms. The first-order valence-corrected chi connectivity index (χ1v) is 7.75. The number of carbonyl (C=O) groups excluding carboxylic acids is 2. The van der Waals surface area contributed by atoms with Gasteiger partial charge < -0.3 is 10.6 Å². The van der Waals surface area contributed by atoms with Crippen molar-refractivity contribution in [3.05, 3.63) is 0 Å². The second-order valence-corrected chi connectivity index (χ2v) is 6.63. The first kappa shape index (κ1) is 13.9. The van der Waals surface area contributed by atoms with Crippen molar-refractivity contribution in [3.63, 3.8) is 0 Å². The fraction of sp³-hybridized carbons (Fsp3) is 0.846. The van der Waals surface area contributed by atoms with E-state index in [9.17, 15) is 9.59 Å². The number of nitrogens with zero attached hydrogens (tertiary/aromatic N) is 1. The smallest absolute Gasteiger partial charge is 0.223 e. The molecule has 0 aromatic heterocycles. The molecule has 1 heterocycles. The number of rotatable bonds is 3. The fourth-order valence-electron chi connectivity index (χ4n) is 3.00. The average molecular weight is 270 g/mol. The molecule has 1 amide bonds. The van der Waals surface area contributed by atoms with Crippen molar-refractivity contribution in [2.45, 2.75) is 51.1 Å². The van der Waals surface area contributed by atoms with E-state index in [1.807, 2.05) is 4.90 Å². The van der Waals surface area contributed by atoms with E-state index >= 15 is 0 Å². The number of nitrogens with two attached hydrogens (primary N) is 1. The molecule has 0 spiro atoms.